The maximum atomic E-state index is 13.5. The lowest BCUT2D eigenvalue weighted by Gasteiger charge is -2.08. The van der Waals surface area contributed by atoms with Crippen molar-refractivity contribution in [3.63, 3.8) is 0 Å². The Balaban J connectivity index is 2.88. The summed E-state index contributed by atoms with van der Waals surface area (Å²) in [5.74, 6) is -0.912. The lowest BCUT2D eigenvalue weighted by molar-refractivity contribution is -0.303. The van der Waals surface area contributed by atoms with Crippen molar-refractivity contribution in [1.29, 1.82) is 0 Å². The van der Waals surface area contributed by atoms with Gasteiger partial charge in [-0.3, -0.25) is 0 Å². The molecule has 1 rings (SSSR count). The van der Waals surface area contributed by atoms with Crippen LogP contribution in [0.2, 0.25) is 0 Å². The SMILES string of the molecule is C=C(/C=C\C(=C/C)c1ccc(C)c(F)c1)OC(F)(F)F. The third kappa shape index (κ3) is 4.91. The molecule has 0 spiro atoms. The van der Waals surface area contributed by atoms with Crippen LogP contribution in [-0.4, -0.2) is 6.36 Å². The summed E-state index contributed by atoms with van der Waals surface area (Å²) in [5, 5.41) is 0. The van der Waals surface area contributed by atoms with Crippen molar-refractivity contribution < 1.29 is 22.3 Å². The second-order valence-electron chi connectivity index (χ2n) is 4.06. The van der Waals surface area contributed by atoms with E-state index in [-0.39, 0.29) is 5.82 Å². The highest BCUT2D eigenvalue weighted by molar-refractivity contribution is 5.74. The van der Waals surface area contributed by atoms with Gasteiger partial charge in [-0.05, 0) is 42.7 Å². The van der Waals surface area contributed by atoms with Crippen LogP contribution in [0.4, 0.5) is 17.6 Å². The molecule has 1 aromatic rings. The van der Waals surface area contributed by atoms with Crippen LogP contribution in [0.15, 0.2) is 48.8 Å². The van der Waals surface area contributed by atoms with Gasteiger partial charge in [0.2, 0.25) is 0 Å². The Bertz CT molecular complexity index is 553. The molecule has 0 amide bonds. The molecule has 0 unspecified atom stereocenters. The lowest BCUT2D eigenvalue weighted by atomic mass is 10.0. The fourth-order valence-electron chi connectivity index (χ4n) is 1.50. The van der Waals surface area contributed by atoms with Crippen LogP contribution in [0.5, 0.6) is 0 Å². The number of hydrogen-bond acceptors (Lipinski definition) is 1. The molecule has 0 aliphatic carbocycles. The van der Waals surface area contributed by atoms with Gasteiger partial charge in [0.05, 0.1) is 0 Å². The molecule has 0 saturated carbocycles. The van der Waals surface area contributed by atoms with Crippen LogP contribution < -0.4 is 0 Å². The molecule has 0 aliphatic rings. The maximum Gasteiger partial charge on any atom is 0.573 e. The average molecular weight is 286 g/mol. The Morgan fingerprint density at radius 1 is 1.25 bits per heavy atom. The van der Waals surface area contributed by atoms with Gasteiger partial charge in [-0.2, -0.15) is 0 Å². The first-order chi connectivity index (χ1) is 9.23. The van der Waals surface area contributed by atoms with E-state index < -0.39 is 12.1 Å². The van der Waals surface area contributed by atoms with E-state index in [4.69, 9.17) is 0 Å². The largest absolute Gasteiger partial charge is 0.573 e. The van der Waals surface area contributed by atoms with Gasteiger partial charge in [-0.15, -0.1) is 13.2 Å². The fourth-order valence-corrected chi connectivity index (χ4v) is 1.50. The van der Waals surface area contributed by atoms with Crippen molar-refractivity contribution >= 4 is 5.57 Å². The van der Waals surface area contributed by atoms with E-state index in [1.54, 1.807) is 32.1 Å². The molecule has 0 aromatic heterocycles. The molecule has 0 radical (unpaired) electrons. The number of alkyl halides is 3. The zero-order valence-electron chi connectivity index (χ0n) is 11.1. The van der Waals surface area contributed by atoms with Crippen molar-refractivity contribution in [2.45, 2.75) is 20.2 Å². The monoisotopic (exact) mass is 286 g/mol. The first-order valence-corrected chi connectivity index (χ1v) is 5.78. The van der Waals surface area contributed by atoms with Crippen molar-refractivity contribution in [3.05, 3.63) is 65.7 Å². The molecule has 0 saturated heterocycles. The fraction of sp³-hybridized carbons (Fsp3) is 0.200. The van der Waals surface area contributed by atoms with E-state index >= 15 is 0 Å². The van der Waals surface area contributed by atoms with Crippen LogP contribution in [0.25, 0.3) is 5.57 Å². The minimum atomic E-state index is -4.77. The highest BCUT2D eigenvalue weighted by Gasteiger charge is 2.30. The molecule has 0 fully saturated rings. The number of aryl methyl sites for hydroxylation is 1. The topological polar surface area (TPSA) is 9.23 Å². The zero-order valence-corrected chi connectivity index (χ0v) is 11.1. The molecular weight excluding hydrogens is 272 g/mol. The summed E-state index contributed by atoms with van der Waals surface area (Å²) in [4.78, 5) is 0. The summed E-state index contributed by atoms with van der Waals surface area (Å²) >= 11 is 0. The zero-order chi connectivity index (χ0) is 15.3. The Kier molecular flexibility index (Phi) is 5.13. The molecule has 5 heteroatoms. The van der Waals surface area contributed by atoms with Crippen molar-refractivity contribution in [3.8, 4) is 0 Å². The first kappa shape index (κ1) is 16.0. The van der Waals surface area contributed by atoms with E-state index in [1.165, 1.54) is 12.1 Å². The molecule has 1 aromatic carbocycles. The third-order valence-corrected chi connectivity index (χ3v) is 2.51. The Hall–Kier alpha value is -2.04. The van der Waals surface area contributed by atoms with Gasteiger partial charge in [0.1, 0.15) is 11.6 Å². The quantitative estimate of drug-likeness (QED) is 0.423. The van der Waals surface area contributed by atoms with Crippen LogP contribution in [0.3, 0.4) is 0 Å². The van der Waals surface area contributed by atoms with Gasteiger partial charge in [0, 0.05) is 0 Å². The smallest absolute Gasteiger partial charge is 0.406 e. The normalized spacial score (nSPS) is 12.8. The van der Waals surface area contributed by atoms with Gasteiger partial charge in [0.15, 0.2) is 0 Å². The van der Waals surface area contributed by atoms with Gasteiger partial charge in [-0.25, -0.2) is 4.39 Å². The summed E-state index contributed by atoms with van der Waals surface area (Å²) in [5.41, 5.74) is 1.63. The van der Waals surface area contributed by atoms with Crippen molar-refractivity contribution in [2.75, 3.05) is 0 Å². The third-order valence-electron chi connectivity index (χ3n) is 2.51. The first-order valence-electron chi connectivity index (χ1n) is 5.78. The second kappa shape index (κ2) is 6.41. The maximum absolute atomic E-state index is 13.5. The summed E-state index contributed by atoms with van der Waals surface area (Å²) in [6, 6.07) is 4.61. The number of benzene rings is 1. The molecule has 108 valence electrons. The van der Waals surface area contributed by atoms with E-state index in [0.29, 0.717) is 16.7 Å². The Morgan fingerprint density at radius 2 is 1.90 bits per heavy atom. The van der Waals surface area contributed by atoms with E-state index in [1.807, 2.05) is 0 Å². The van der Waals surface area contributed by atoms with Crippen molar-refractivity contribution in [1.82, 2.24) is 0 Å². The van der Waals surface area contributed by atoms with Gasteiger partial charge in [0.25, 0.3) is 0 Å². The molecule has 20 heavy (non-hydrogen) atoms. The molecule has 0 heterocycles. The van der Waals surface area contributed by atoms with Gasteiger partial charge >= 0.3 is 6.36 Å². The molecule has 1 nitrogen and oxygen atoms in total. The van der Waals surface area contributed by atoms with Crippen LogP contribution in [-0.2, 0) is 4.74 Å². The van der Waals surface area contributed by atoms with Crippen LogP contribution in [0, 0.1) is 12.7 Å². The minimum Gasteiger partial charge on any atom is -0.406 e. The summed E-state index contributed by atoms with van der Waals surface area (Å²) in [6.07, 6.45) is -0.645. The second-order valence-corrected chi connectivity index (χ2v) is 4.06. The number of allylic oxidation sites excluding steroid dienone is 4. The standard InChI is InChI=1S/C15H14F4O/c1-4-12(8-6-11(3)20-15(17,18)19)13-7-5-10(2)14(16)9-13/h4-9H,3H2,1-2H3/b8-6-,12-4+. The molecular formula is C15H14F4O. The Labute approximate surface area is 114 Å². The summed E-state index contributed by atoms with van der Waals surface area (Å²) in [6.45, 7) is 6.47. The lowest BCUT2D eigenvalue weighted by Crippen LogP contribution is -2.11. The molecule has 0 bridgehead atoms. The molecule has 0 N–H and O–H groups in total. The predicted molar refractivity (Wildman–Crippen MR) is 70.2 cm³/mol. The van der Waals surface area contributed by atoms with Crippen LogP contribution >= 0.6 is 0 Å². The number of hydrogen-bond donors (Lipinski definition) is 0. The van der Waals surface area contributed by atoms with Crippen LogP contribution in [0.1, 0.15) is 18.1 Å². The predicted octanol–water partition coefficient (Wildman–Crippen LogP) is 5.14. The molecule has 0 atom stereocenters. The Morgan fingerprint density at radius 3 is 2.40 bits per heavy atom. The minimum absolute atomic E-state index is 0.374. The highest BCUT2D eigenvalue weighted by atomic mass is 19.4. The number of ether oxygens (including phenoxy) is 1. The number of halogens is 4. The van der Waals surface area contributed by atoms with E-state index in [9.17, 15) is 17.6 Å². The van der Waals surface area contributed by atoms with Gasteiger partial charge in [-0.1, -0.05) is 30.9 Å². The highest BCUT2D eigenvalue weighted by Crippen LogP contribution is 2.23. The van der Waals surface area contributed by atoms with E-state index in [0.717, 1.165) is 6.08 Å². The molecule has 0 aliphatic heterocycles. The number of rotatable bonds is 4. The van der Waals surface area contributed by atoms with Crippen molar-refractivity contribution in [2.24, 2.45) is 0 Å². The average Bonchev–Trinajstić information content (AvgIpc) is 2.32. The van der Waals surface area contributed by atoms with E-state index in [2.05, 4.69) is 11.3 Å². The van der Waals surface area contributed by atoms with Gasteiger partial charge < -0.3 is 4.74 Å². The summed E-state index contributed by atoms with van der Waals surface area (Å²) < 4.78 is 52.9. The summed E-state index contributed by atoms with van der Waals surface area (Å²) in [7, 11) is 0.